The minimum Gasteiger partial charge on any atom is -0.405 e. The number of hydrogen-bond acceptors (Lipinski definition) is 20. The van der Waals surface area contributed by atoms with Gasteiger partial charge in [0, 0.05) is 65.7 Å². The maximum absolute atomic E-state index is 9.65. The summed E-state index contributed by atoms with van der Waals surface area (Å²) in [5, 5.41) is 58.7. The first-order valence-corrected chi connectivity index (χ1v) is 37.4. The number of fused-ring (bicyclic) bond motifs is 4. The lowest BCUT2D eigenvalue weighted by Gasteiger charge is -2.32. The number of nitriles is 4. The Balaban J connectivity index is 0.000000129. The average molecular weight is 1600 g/mol. The third-order valence-corrected chi connectivity index (χ3v) is 22.2. The lowest BCUT2D eigenvalue weighted by atomic mass is 9.49. The smallest absolute Gasteiger partial charge is 0.405 e. The van der Waals surface area contributed by atoms with Crippen LogP contribution in [0.4, 0.5) is 0 Å². The van der Waals surface area contributed by atoms with Crippen LogP contribution < -0.4 is 10.9 Å². The Morgan fingerprint density at radius 2 is 0.636 bits per heavy atom. The zero-order valence-electron chi connectivity index (χ0n) is 65.3. The highest BCUT2D eigenvalue weighted by atomic mass is 79.9. The molecule has 558 valence electrons. The maximum Gasteiger partial charge on any atom is 0.494 e. The Bertz CT molecular complexity index is 5580. The number of pyridine rings is 4. The fraction of sp³-hybridized carbons (Fsp3) is 0.350. The molecule has 0 unspecified atom stereocenters. The molecule has 12 aromatic rings. The van der Waals surface area contributed by atoms with Crippen molar-refractivity contribution in [1.29, 1.82) is 21.0 Å². The van der Waals surface area contributed by atoms with Crippen molar-refractivity contribution in [3.8, 4) is 47.5 Å². The lowest BCUT2D eigenvalue weighted by Crippen LogP contribution is -2.41. The maximum atomic E-state index is 9.65. The highest BCUT2D eigenvalue weighted by Crippen LogP contribution is 2.44. The summed E-state index contributed by atoms with van der Waals surface area (Å²) in [7, 11) is -2.03. The van der Waals surface area contributed by atoms with Crippen LogP contribution in [0.2, 0.25) is 0 Å². The topological polar surface area (TPSA) is 292 Å². The van der Waals surface area contributed by atoms with E-state index in [0.717, 1.165) is 92.4 Å². The van der Waals surface area contributed by atoms with Gasteiger partial charge in [-0.05, 0) is 246 Å². The molecule has 16 rings (SSSR count). The lowest BCUT2D eigenvalue weighted by molar-refractivity contribution is 0.00578. The first-order chi connectivity index (χ1) is 51.6. The number of benzene rings is 4. The molecule has 0 radical (unpaired) electrons. The summed E-state index contributed by atoms with van der Waals surface area (Å²) in [6.45, 7) is 40.0. The molecule has 8 aromatic heterocycles. The highest BCUT2D eigenvalue weighted by Gasteiger charge is 2.64. The van der Waals surface area contributed by atoms with Crippen LogP contribution in [-0.2, 0) is 37.2 Å². The summed E-state index contributed by atoms with van der Waals surface area (Å²) >= 11 is 6.80. The van der Waals surface area contributed by atoms with Gasteiger partial charge >= 0.3 is 28.3 Å². The van der Waals surface area contributed by atoms with Crippen LogP contribution in [0.25, 0.3) is 66.9 Å². The van der Waals surface area contributed by atoms with Gasteiger partial charge in [-0.1, -0.05) is 56.1 Å². The van der Waals surface area contributed by atoms with Crippen molar-refractivity contribution in [3.63, 3.8) is 0 Å². The van der Waals surface area contributed by atoms with Crippen molar-refractivity contribution in [1.82, 2.24) is 59.1 Å². The van der Waals surface area contributed by atoms with Gasteiger partial charge in [0.05, 0.1) is 126 Å². The molecule has 4 aliphatic heterocycles. The molecule has 30 heteroatoms. The Kier molecular flexibility index (Phi) is 21.9. The van der Waals surface area contributed by atoms with Crippen molar-refractivity contribution in [3.05, 3.63) is 200 Å². The second kappa shape index (κ2) is 30.1. The van der Waals surface area contributed by atoms with Gasteiger partial charge in [0.2, 0.25) is 0 Å². The molecule has 0 bridgehead atoms. The summed E-state index contributed by atoms with van der Waals surface area (Å²) in [5.74, 6) is 2.92. The van der Waals surface area contributed by atoms with E-state index in [1.807, 2.05) is 260 Å². The SMILES string of the molecule is CC1(C)OB(B2OC(C)(C)C(C)(C)O2)OC1(C)C.Cc1cccc(-n2cc3c(C#N)cc(B4OC(C)(C)C(C)(C)O4)cc3n2)n1.Cc1cccc(-n2cc3c(C#N)cc(Br)cc3n2)n1.Cc1cccc(-n2ncc3c(C#N)cc(B4OC(C)(C)C(C)(C)O4)cc32)n1.Cc1cccc(-n2ncc3c(C#N)cc(Br)cc32)n1. The molecular formula is C80H84B4Br2N16O8. The predicted molar refractivity (Wildman–Crippen MR) is 432 cm³/mol. The van der Waals surface area contributed by atoms with Crippen LogP contribution in [0.1, 0.15) is 156 Å². The van der Waals surface area contributed by atoms with Gasteiger partial charge in [0.1, 0.15) is 0 Å². The fourth-order valence-electron chi connectivity index (χ4n) is 12.3. The number of aryl methyl sites for hydroxylation is 4. The standard InChI is InChI=1S/2C20H21BN4O2.2C14H9BrN4.C12H24B2O4/c1-13-7-6-8-18(23-13)25-12-16-14(11-22)9-15(10-17(16)24-25)21-26-19(2,3)20(4,5)27-21;1-13-7-6-8-18(24-13)25-17-10-15(9-14(11-22)16(17)12-23-25)21-26-19(2,3)20(4,5)27-21;1-9-3-2-4-14(17-9)19-8-12-10(7-16)5-11(15)6-13(12)18-19;1-9-3-2-4-14(18-9)19-13-6-11(15)5-10(7-16)12(13)8-17-19;1-9(2)10(3,4)16-13(15-9)14-17-11(5,6)12(7,8)18-14/h2*6-10,12H,1-5H3;2*2-6,8H,1H3;1-8H3. The van der Waals surface area contributed by atoms with E-state index in [1.54, 1.807) is 43.3 Å². The summed E-state index contributed by atoms with van der Waals surface area (Å²) in [5.41, 5.74) is 7.47. The molecule has 0 atom stereocenters. The third-order valence-electron chi connectivity index (χ3n) is 21.3. The van der Waals surface area contributed by atoms with Crippen LogP contribution in [0.15, 0.2) is 155 Å². The number of aromatic nitrogens is 12. The van der Waals surface area contributed by atoms with Gasteiger partial charge in [-0.25, -0.2) is 38.7 Å². The Morgan fingerprint density at radius 3 is 1.00 bits per heavy atom. The Hall–Kier alpha value is -9.78. The molecule has 0 amide bonds. The minimum atomic E-state index is -0.541. The molecule has 4 saturated heterocycles. The first kappa shape index (κ1) is 79.8. The molecule has 0 aliphatic carbocycles. The molecule has 110 heavy (non-hydrogen) atoms. The van der Waals surface area contributed by atoms with Crippen molar-refractivity contribution in [2.75, 3.05) is 0 Å². The van der Waals surface area contributed by atoms with Crippen LogP contribution >= 0.6 is 31.9 Å². The normalized spacial score (nSPS) is 17.7. The molecular weight excluding hydrogens is 1520 g/mol. The van der Waals surface area contributed by atoms with Crippen LogP contribution in [-0.4, -0.2) is 132 Å². The number of rotatable bonds is 7. The summed E-state index contributed by atoms with van der Waals surface area (Å²) in [4.78, 5) is 17.9. The highest BCUT2D eigenvalue weighted by molar-refractivity contribution is 9.10. The van der Waals surface area contributed by atoms with E-state index in [-0.39, 0.29) is 22.4 Å². The van der Waals surface area contributed by atoms with E-state index < -0.39 is 50.7 Å². The molecule has 4 fully saturated rings. The Morgan fingerprint density at radius 1 is 0.345 bits per heavy atom. The van der Waals surface area contributed by atoms with E-state index in [4.69, 9.17) is 47.8 Å². The van der Waals surface area contributed by atoms with Crippen molar-refractivity contribution >= 4 is 115 Å². The second-order valence-corrected chi connectivity index (χ2v) is 33.3. The number of halogens is 2. The van der Waals surface area contributed by atoms with E-state index >= 15 is 0 Å². The summed E-state index contributed by atoms with van der Waals surface area (Å²) in [6, 6.07) is 46.9. The van der Waals surface area contributed by atoms with E-state index in [1.165, 1.54) is 0 Å². The second-order valence-electron chi connectivity index (χ2n) is 31.5. The van der Waals surface area contributed by atoms with Crippen molar-refractivity contribution in [2.45, 2.75) is 183 Å². The Labute approximate surface area is 658 Å². The zero-order valence-corrected chi connectivity index (χ0v) is 68.5. The average Bonchev–Trinajstić information content (AvgIpc) is 1.61. The van der Waals surface area contributed by atoms with Crippen molar-refractivity contribution in [2.24, 2.45) is 0 Å². The van der Waals surface area contributed by atoms with Crippen molar-refractivity contribution < 1.29 is 37.2 Å². The fourth-order valence-corrected chi connectivity index (χ4v) is 13.2. The zero-order chi connectivity index (χ0) is 79.6. The summed E-state index contributed by atoms with van der Waals surface area (Å²) < 4.78 is 57.0. The number of hydrogen-bond donors (Lipinski definition) is 0. The van der Waals surface area contributed by atoms with E-state index in [2.05, 4.69) is 96.5 Å². The summed E-state index contributed by atoms with van der Waals surface area (Å²) in [6.07, 6.45) is 7.07. The molecule has 0 saturated carbocycles. The largest absolute Gasteiger partial charge is 0.494 e. The van der Waals surface area contributed by atoms with Crippen LogP contribution in [0, 0.1) is 73.0 Å². The van der Waals surface area contributed by atoms with E-state index in [9.17, 15) is 10.5 Å². The molecule has 4 aromatic carbocycles. The first-order valence-electron chi connectivity index (χ1n) is 35.9. The minimum absolute atomic E-state index is 0.360. The molecule has 4 aliphatic rings. The molecule has 0 spiro atoms. The van der Waals surface area contributed by atoms with Crippen LogP contribution in [0.3, 0.4) is 0 Å². The number of nitrogens with zero attached hydrogens (tertiary/aromatic N) is 16. The molecule has 12 heterocycles. The van der Waals surface area contributed by atoms with Gasteiger partial charge in [0.25, 0.3) is 0 Å². The predicted octanol–water partition coefficient (Wildman–Crippen LogP) is 14.8. The third kappa shape index (κ3) is 16.1. The molecule has 24 nitrogen and oxygen atoms in total. The van der Waals surface area contributed by atoms with Crippen LogP contribution in [0.5, 0.6) is 0 Å². The monoisotopic (exact) mass is 1600 g/mol. The van der Waals surface area contributed by atoms with E-state index in [0.29, 0.717) is 39.4 Å². The van der Waals surface area contributed by atoms with Gasteiger partial charge in [0.15, 0.2) is 23.3 Å². The molecule has 0 N–H and O–H groups in total. The van der Waals surface area contributed by atoms with Gasteiger partial charge in [-0.3, -0.25) is 0 Å². The van der Waals surface area contributed by atoms with Gasteiger partial charge in [-0.15, -0.1) is 0 Å². The van der Waals surface area contributed by atoms with Gasteiger partial charge < -0.3 is 37.2 Å². The quantitative estimate of drug-likeness (QED) is 0.134. The van der Waals surface area contributed by atoms with Gasteiger partial charge in [-0.2, -0.15) is 41.4 Å².